The summed E-state index contributed by atoms with van der Waals surface area (Å²) in [4.78, 5) is 29.5. The lowest BCUT2D eigenvalue weighted by Crippen LogP contribution is -2.51. The number of benzene rings is 3. The molecule has 0 bridgehead atoms. The molecule has 2 amide bonds. The van der Waals surface area contributed by atoms with Crippen LogP contribution >= 0.6 is 0 Å². The van der Waals surface area contributed by atoms with Crippen molar-refractivity contribution in [1.82, 2.24) is 15.1 Å². The first-order chi connectivity index (χ1) is 18.4. The fourth-order valence-corrected chi connectivity index (χ4v) is 5.18. The van der Waals surface area contributed by atoms with Gasteiger partial charge in [0.15, 0.2) is 0 Å². The van der Waals surface area contributed by atoms with Crippen molar-refractivity contribution in [2.75, 3.05) is 40.8 Å². The van der Waals surface area contributed by atoms with Crippen LogP contribution in [0.25, 0.3) is 0 Å². The summed E-state index contributed by atoms with van der Waals surface area (Å²) < 4.78 is 11.7. The molecule has 1 N–H and O–H groups in total. The van der Waals surface area contributed by atoms with Crippen LogP contribution < -0.4 is 10.1 Å². The van der Waals surface area contributed by atoms with E-state index in [-0.39, 0.29) is 24.2 Å². The highest BCUT2D eigenvalue weighted by Gasteiger charge is 2.39. The number of rotatable bonds is 9. The third-order valence-corrected chi connectivity index (χ3v) is 7.42. The molecule has 1 aliphatic heterocycles. The van der Waals surface area contributed by atoms with Gasteiger partial charge in [-0.25, -0.2) is 4.79 Å². The van der Waals surface area contributed by atoms with Crippen molar-refractivity contribution >= 4 is 12.0 Å². The van der Waals surface area contributed by atoms with Crippen LogP contribution in [-0.4, -0.2) is 62.6 Å². The van der Waals surface area contributed by atoms with Gasteiger partial charge in [0.25, 0.3) is 5.91 Å². The monoisotopic (exact) mass is 515 g/mol. The number of likely N-dealkylation sites (tertiary alicyclic amines) is 1. The predicted molar refractivity (Wildman–Crippen MR) is 148 cm³/mol. The van der Waals surface area contributed by atoms with Crippen molar-refractivity contribution in [3.8, 4) is 5.75 Å². The third-order valence-electron chi connectivity index (χ3n) is 7.42. The summed E-state index contributed by atoms with van der Waals surface area (Å²) in [6.07, 6.45) is 1.29. The highest BCUT2D eigenvalue weighted by atomic mass is 16.5. The predicted octanol–water partition coefficient (Wildman–Crippen LogP) is 5.25. The van der Waals surface area contributed by atoms with Crippen LogP contribution in [0.3, 0.4) is 0 Å². The van der Waals surface area contributed by atoms with Crippen molar-refractivity contribution in [3.05, 3.63) is 102 Å². The second-order valence-corrected chi connectivity index (χ2v) is 9.77. The van der Waals surface area contributed by atoms with Gasteiger partial charge in [-0.2, -0.15) is 0 Å². The van der Waals surface area contributed by atoms with E-state index in [2.05, 4.69) is 48.6 Å². The van der Waals surface area contributed by atoms with E-state index in [1.54, 1.807) is 0 Å². The lowest BCUT2D eigenvalue weighted by Gasteiger charge is -2.46. The molecule has 1 saturated heterocycles. The minimum absolute atomic E-state index is 0.0329. The van der Waals surface area contributed by atoms with E-state index in [0.29, 0.717) is 30.8 Å². The van der Waals surface area contributed by atoms with Gasteiger partial charge in [0, 0.05) is 32.1 Å². The molecule has 7 nitrogen and oxygen atoms in total. The zero-order valence-corrected chi connectivity index (χ0v) is 22.4. The van der Waals surface area contributed by atoms with Crippen LogP contribution in [0.1, 0.15) is 46.9 Å². The largest absolute Gasteiger partial charge is 0.485 e. The smallest absolute Gasteiger partial charge is 0.406 e. The molecule has 200 valence electrons. The molecule has 0 aromatic heterocycles. The lowest BCUT2D eigenvalue weighted by molar-refractivity contribution is 0.0406. The van der Waals surface area contributed by atoms with Gasteiger partial charge in [-0.15, -0.1) is 0 Å². The van der Waals surface area contributed by atoms with E-state index >= 15 is 0 Å². The Morgan fingerprint density at radius 3 is 2.16 bits per heavy atom. The minimum atomic E-state index is -0.484. The fraction of sp³-hybridized carbons (Fsp3) is 0.355. The van der Waals surface area contributed by atoms with Gasteiger partial charge in [0.05, 0.1) is 12.2 Å². The van der Waals surface area contributed by atoms with Crippen molar-refractivity contribution in [3.63, 3.8) is 0 Å². The van der Waals surface area contributed by atoms with E-state index in [1.807, 2.05) is 65.6 Å². The molecule has 1 aliphatic rings. The maximum Gasteiger partial charge on any atom is 0.406 e. The number of hydrogen-bond acceptors (Lipinski definition) is 5. The second kappa shape index (κ2) is 12.6. The number of carbonyl (C=O) groups excluding carboxylic acids is 2. The standard InChI is InChI=1S/C31H37N3O4/c1-32-30(36)37-23-18-27(24-12-6-4-7-13-24)38-28-17-11-10-16-26(28)29(35)34-21-19-31(20-22-34,33(2)3)25-14-8-5-9-15-25/h4-17,27H,18-23H2,1-3H3,(H,32,36). The van der Waals surface area contributed by atoms with Crippen molar-refractivity contribution in [1.29, 1.82) is 0 Å². The van der Waals surface area contributed by atoms with Crippen LogP contribution in [-0.2, 0) is 10.3 Å². The molecular formula is C31H37N3O4. The van der Waals surface area contributed by atoms with E-state index in [1.165, 1.54) is 12.6 Å². The van der Waals surface area contributed by atoms with Crippen molar-refractivity contribution in [2.45, 2.75) is 30.9 Å². The number of ether oxygens (including phenoxy) is 2. The van der Waals surface area contributed by atoms with Crippen LogP contribution in [0.15, 0.2) is 84.9 Å². The van der Waals surface area contributed by atoms with Crippen molar-refractivity contribution < 1.29 is 19.1 Å². The Bertz CT molecular complexity index is 1190. The zero-order chi connectivity index (χ0) is 27.0. The van der Waals surface area contributed by atoms with Crippen LogP contribution in [0.4, 0.5) is 4.79 Å². The first-order valence-corrected chi connectivity index (χ1v) is 13.1. The Labute approximate surface area is 225 Å². The fourth-order valence-electron chi connectivity index (χ4n) is 5.18. The number of alkyl carbamates (subject to hydrolysis) is 1. The quantitative estimate of drug-likeness (QED) is 0.422. The summed E-state index contributed by atoms with van der Waals surface area (Å²) in [6, 6.07) is 27.7. The topological polar surface area (TPSA) is 71.1 Å². The van der Waals surface area contributed by atoms with Crippen molar-refractivity contribution in [2.24, 2.45) is 0 Å². The maximum atomic E-state index is 13.8. The second-order valence-electron chi connectivity index (χ2n) is 9.77. The Morgan fingerprint density at radius 1 is 0.921 bits per heavy atom. The molecule has 38 heavy (non-hydrogen) atoms. The molecule has 3 aromatic rings. The Kier molecular flexibility index (Phi) is 9.02. The Morgan fingerprint density at radius 2 is 1.53 bits per heavy atom. The number of hydrogen-bond donors (Lipinski definition) is 1. The molecule has 4 rings (SSSR count). The van der Waals surface area contributed by atoms with Gasteiger partial charge >= 0.3 is 6.09 Å². The molecule has 1 heterocycles. The van der Waals surface area contributed by atoms with Gasteiger partial charge in [0.2, 0.25) is 0 Å². The van der Waals surface area contributed by atoms with Crippen LogP contribution in [0.5, 0.6) is 5.75 Å². The van der Waals surface area contributed by atoms with Crippen LogP contribution in [0.2, 0.25) is 0 Å². The number of carbonyl (C=O) groups is 2. The number of amides is 2. The molecule has 3 aromatic carbocycles. The summed E-state index contributed by atoms with van der Waals surface area (Å²) in [6.45, 7) is 1.50. The van der Waals surface area contributed by atoms with E-state index in [0.717, 1.165) is 18.4 Å². The molecule has 0 saturated carbocycles. The Balaban J connectivity index is 1.51. The normalized spacial score (nSPS) is 15.5. The maximum absolute atomic E-state index is 13.8. The van der Waals surface area contributed by atoms with Gasteiger partial charge < -0.3 is 19.7 Å². The summed E-state index contributed by atoms with van der Waals surface area (Å²) >= 11 is 0. The average Bonchev–Trinajstić information content (AvgIpc) is 2.97. The van der Waals surface area contributed by atoms with E-state index in [4.69, 9.17) is 9.47 Å². The molecule has 7 heteroatoms. The Hall–Kier alpha value is -3.84. The number of para-hydroxylation sites is 1. The van der Waals surface area contributed by atoms with Gasteiger partial charge in [-0.3, -0.25) is 9.69 Å². The first-order valence-electron chi connectivity index (χ1n) is 13.1. The SMILES string of the molecule is CNC(=O)OCCC(Oc1ccccc1C(=O)N1CCC(c2ccccc2)(N(C)C)CC1)c1ccccc1. The molecule has 1 fully saturated rings. The zero-order valence-electron chi connectivity index (χ0n) is 22.4. The first kappa shape index (κ1) is 27.2. The molecule has 0 aliphatic carbocycles. The minimum Gasteiger partial charge on any atom is -0.485 e. The van der Waals surface area contributed by atoms with E-state index < -0.39 is 6.09 Å². The molecule has 1 atom stereocenters. The molecule has 0 radical (unpaired) electrons. The van der Waals surface area contributed by atoms with E-state index in [9.17, 15) is 9.59 Å². The number of piperidine rings is 1. The molecule has 1 unspecified atom stereocenters. The van der Waals surface area contributed by atoms with Gasteiger partial charge in [-0.05, 0) is 50.2 Å². The highest BCUT2D eigenvalue weighted by molar-refractivity contribution is 5.97. The summed E-state index contributed by atoms with van der Waals surface area (Å²) in [5.74, 6) is 0.494. The summed E-state index contributed by atoms with van der Waals surface area (Å²) in [7, 11) is 5.76. The summed E-state index contributed by atoms with van der Waals surface area (Å²) in [5.41, 5.74) is 2.67. The van der Waals surface area contributed by atoms with Gasteiger partial charge in [-0.1, -0.05) is 72.8 Å². The molecule has 0 spiro atoms. The summed E-state index contributed by atoms with van der Waals surface area (Å²) in [5, 5.41) is 2.46. The highest BCUT2D eigenvalue weighted by Crippen LogP contribution is 2.38. The average molecular weight is 516 g/mol. The molecular weight excluding hydrogens is 478 g/mol. The number of nitrogens with one attached hydrogen (secondary N) is 1. The van der Waals surface area contributed by atoms with Gasteiger partial charge in [0.1, 0.15) is 11.9 Å². The number of nitrogens with zero attached hydrogens (tertiary/aromatic N) is 2. The third kappa shape index (κ3) is 6.17. The van der Waals surface area contributed by atoms with Crippen LogP contribution in [0, 0.1) is 0 Å². The lowest BCUT2D eigenvalue weighted by atomic mass is 9.79.